The van der Waals surface area contributed by atoms with Gasteiger partial charge in [-0.2, -0.15) is 0 Å². The van der Waals surface area contributed by atoms with Crippen LogP contribution in [0, 0.1) is 0 Å². The fraction of sp³-hybridized carbons (Fsp3) is 0.462. The highest BCUT2D eigenvalue weighted by molar-refractivity contribution is 5.64. The van der Waals surface area contributed by atoms with Crippen LogP contribution in [0.1, 0.15) is 24.8 Å². The molecule has 2 heteroatoms. The zero-order chi connectivity index (χ0) is 10.1. The lowest BCUT2D eigenvalue weighted by Crippen LogP contribution is -3.13. The Morgan fingerprint density at radius 1 is 1.33 bits per heavy atom. The molecule has 1 aliphatic carbocycles. The molecule has 0 spiro atoms. The van der Waals surface area contributed by atoms with Gasteiger partial charge in [-0.15, -0.1) is 0 Å². The van der Waals surface area contributed by atoms with Gasteiger partial charge >= 0.3 is 0 Å². The molecule has 15 heavy (non-hydrogen) atoms. The fourth-order valence-electron chi connectivity index (χ4n) is 2.47. The highest BCUT2D eigenvalue weighted by atomic mass is 15.2. The maximum atomic E-state index is 3.16. The van der Waals surface area contributed by atoms with Crippen molar-refractivity contribution in [3.05, 3.63) is 36.2 Å². The molecule has 0 bridgehead atoms. The summed E-state index contributed by atoms with van der Waals surface area (Å²) in [5.74, 6) is 0. The van der Waals surface area contributed by atoms with E-state index in [4.69, 9.17) is 0 Å². The number of hydrogen-bond acceptors (Lipinski definition) is 0. The second-order valence-electron chi connectivity index (χ2n) is 4.66. The smallest absolute Gasteiger partial charge is 0.174 e. The van der Waals surface area contributed by atoms with Crippen molar-refractivity contribution in [1.29, 1.82) is 0 Å². The van der Waals surface area contributed by atoms with Crippen molar-refractivity contribution in [1.82, 2.24) is 0 Å². The van der Waals surface area contributed by atoms with E-state index < -0.39 is 0 Å². The Kier molecular flexibility index (Phi) is 2.29. The van der Waals surface area contributed by atoms with Crippen molar-refractivity contribution < 1.29 is 9.88 Å². The summed E-state index contributed by atoms with van der Waals surface area (Å²) in [7, 11) is 0. The summed E-state index contributed by atoms with van der Waals surface area (Å²) in [5, 5.41) is 0. The van der Waals surface area contributed by atoms with E-state index in [-0.39, 0.29) is 0 Å². The van der Waals surface area contributed by atoms with Gasteiger partial charge in [-0.3, -0.25) is 0 Å². The minimum absolute atomic E-state index is 0.991. The monoisotopic (exact) mass is 202 g/mol. The zero-order valence-electron chi connectivity index (χ0n) is 9.00. The van der Waals surface area contributed by atoms with E-state index in [0.29, 0.717) is 0 Å². The Morgan fingerprint density at radius 2 is 2.27 bits per heavy atom. The number of quaternary nitrogens is 1. The molecule has 0 aromatic carbocycles. The molecular formula is C13H18N2+2. The van der Waals surface area contributed by atoms with Gasteiger partial charge in [0.25, 0.3) is 0 Å². The highest BCUT2D eigenvalue weighted by Crippen LogP contribution is 2.20. The Morgan fingerprint density at radius 3 is 2.87 bits per heavy atom. The first-order valence-electron chi connectivity index (χ1n) is 5.93. The van der Waals surface area contributed by atoms with Crippen molar-refractivity contribution in [2.24, 2.45) is 0 Å². The molecule has 1 fully saturated rings. The van der Waals surface area contributed by atoms with Crippen LogP contribution in [-0.4, -0.2) is 19.1 Å². The van der Waals surface area contributed by atoms with Crippen LogP contribution in [-0.2, 0) is 0 Å². The minimum Gasteiger partial charge on any atom is -0.329 e. The molecule has 2 N–H and O–H groups in total. The molecule has 1 aliphatic heterocycles. The predicted octanol–water partition coefficient (Wildman–Crippen LogP) is 0.335. The number of nitrogens with one attached hydrogen (secondary N) is 2. The van der Waals surface area contributed by atoms with E-state index in [0.717, 1.165) is 6.04 Å². The van der Waals surface area contributed by atoms with Crippen LogP contribution < -0.4 is 9.88 Å². The molecule has 3 rings (SSSR count). The molecule has 0 amide bonds. The summed E-state index contributed by atoms with van der Waals surface area (Å²) in [6, 6.07) is 5.27. The molecule has 2 heterocycles. The first kappa shape index (κ1) is 9.10. The average molecular weight is 202 g/mol. The largest absolute Gasteiger partial charge is 0.329 e. The summed E-state index contributed by atoms with van der Waals surface area (Å²) in [6.45, 7) is 2.56. The normalized spacial score (nSPS) is 26.1. The van der Waals surface area contributed by atoms with Crippen LogP contribution in [0.25, 0.3) is 5.57 Å². The Balaban J connectivity index is 1.73. The van der Waals surface area contributed by atoms with Gasteiger partial charge in [-0.1, -0.05) is 0 Å². The fourth-order valence-corrected chi connectivity index (χ4v) is 2.47. The van der Waals surface area contributed by atoms with E-state index in [1.165, 1.54) is 43.5 Å². The van der Waals surface area contributed by atoms with E-state index in [1.54, 1.807) is 4.90 Å². The molecule has 0 saturated heterocycles. The van der Waals surface area contributed by atoms with Gasteiger partial charge in [-0.25, -0.2) is 4.98 Å². The number of H-pyrrole nitrogens is 1. The van der Waals surface area contributed by atoms with Crippen LogP contribution in [0.15, 0.2) is 30.6 Å². The summed E-state index contributed by atoms with van der Waals surface area (Å²) in [4.78, 5) is 4.96. The quantitative estimate of drug-likeness (QED) is 0.713. The molecule has 1 aromatic rings. The third-order valence-corrected chi connectivity index (χ3v) is 3.56. The topological polar surface area (TPSA) is 18.6 Å². The van der Waals surface area contributed by atoms with E-state index in [2.05, 4.69) is 29.4 Å². The number of hydrogen-bond donors (Lipinski definition) is 1. The average Bonchev–Trinajstić information content (AvgIpc) is 3.15. The maximum Gasteiger partial charge on any atom is 0.174 e. The standard InChI is InChI=1S/C13H16N2/c1-2-12(10-14-7-1)11-5-8-15(9-6-11)13-3-4-13/h1-2,5,7,10,13H,3-4,6,8-9H2/p+2. The van der Waals surface area contributed by atoms with Crippen molar-refractivity contribution in [2.45, 2.75) is 25.3 Å². The van der Waals surface area contributed by atoms with Crippen LogP contribution in [0.4, 0.5) is 0 Å². The van der Waals surface area contributed by atoms with Crippen LogP contribution in [0.5, 0.6) is 0 Å². The van der Waals surface area contributed by atoms with Crippen molar-refractivity contribution >= 4 is 5.57 Å². The van der Waals surface area contributed by atoms with Gasteiger partial charge in [0.1, 0.15) is 0 Å². The summed E-state index contributed by atoms with van der Waals surface area (Å²) in [6.07, 6.45) is 10.7. The lowest BCUT2D eigenvalue weighted by Gasteiger charge is -2.22. The van der Waals surface area contributed by atoms with Gasteiger partial charge in [0.05, 0.1) is 19.1 Å². The molecule has 0 radical (unpaired) electrons. The first-order valence-corrected chi connectivity index (χ1v) is 5.93. The molecule has 1 atom stereocenters. The molecule has 1 aromatic heterocycles. The molecule has 2 aliphatic rings. The first-order chi connectivity index (χ1) is 7.43. The Labute approximate surface area is 90.6 Å². The van der Waals surface area contributed by atoms with Gasteiger partial charge < -0.3 is 4.90 Å². The molecule has 1 saturated carbocycles. The van der Waals surface area contributed by atoms with E-state index in [9.17, 15) is 0 Å². The van der Waals surface area contributed by atoms with Crippen molar-refractivity contribution in [3.63, 3.8) is 0 Å². The number of rotatable bonds is 2. The zero-order valence-corrected chi connectivity index (χ0v) is 9.00. The van der Waals surface area contributed by atoms with Crippen LogP contribution in [0.2, 0.25) is 0 Å². The summed E-state index contributed by atoms with van der Waals surface area (Å²) < 4.78 is 0. The third-order valence-electron chi connectivity index (χ3n) is 3.56. The van der Waals surface area contributed by atoms with Crippen LogP contribution >= 0.6 is 0 Å². The molecule has 2 nitrogen and oxygen atoms in total. The van der Waals surface area contributed by atoms with Crippen LogP contribution in [0.3, 0.4) is 0 Å². The lowest BCUT2D eigenvalue weighted by atomic mass is 10.0. The van der Waals surface area contributed by atoms with Crippen molar-refractivity contribution in [2.75, 3.05) is 13.1 Å². The summed E-state index contributed by atoms with van der Waals surface area (Å²) in [5.41, 5.74) is 2.89. The van der Waals surface area contributed by atoms with Crippen molar-refractivity contribution in [3.8, 4) is 0 Å². The second kappa shape index (κ2) is 3.78. The van der Waals surface area contributed by atoms with Gasteiger partial charge in [0.2, 0.25) is 0 Å². The molecule has 78 valence electrons. The highest BCUT2D eigenvalue weighted by Gasteiger charge is 2.33. The Hall–Kier alpha value is -1.15. The molecular weight excluding hydrogens is 184 g/mol. The van der Waals surface area contributed by atoms with E-state index >= 15 is 0 Å². The summed E-state index contributed by atoms with van der Waals surface area (Å²) >= 11 is 0. The number of pyridine rings is 1. The number of aromatic nitrogens is 1. The minimum atomic E-state index is 0.991. The van der Waals surface area contributed by atoms with Gasteiger partial charge in [0, 0.05) is 30.9 Å². The van der Waals surface area contributed by atoms with Gasteiger partial charge in [0.15, 0.2) is 12.4 Å². The third kappa shape index (κ3) is 1.95. The maximum absolute atomic E-state index is 3.16. The Bertz CT molecular complexity index is 365. The van der Waals surface area contributed by atoms with E-state index in [1.807, 2.05) is 6.20 Å². The second-order valence-corrected chi connectivity index (χ2v) is 4.66. The number of aromatic amines is 1. The lowest BCUT2D eigenvalue weighted by molar-refractivity contribution is -0.906. The SMILES string of the molecule is C1=C(c2ccc[nH+]c2)CC[NH+](C2CC2)C1. The predicted molar refractivity (Wildman–Crippen MR) is 59.3 cm³/mol. The van der Waals surface area contributed by atoms with Gasteiger partial charge in [-0.05, 0) is 17.7 Å². The molecule has 1 unspecified atom stereocenters.